The normalized spacial score (nSPS) is 20.7. The SMILES string of the molecule is COC(=O)CCCCC1SC(C)(C)SC/C1=N/NS(=O)(=O)c1ccc(C)cc1. The standard InChI is InChI=1S/C19H28N2O4S3/c1-14-9-11-15(12-10-14)28(23,24)21-20-16-13-26-19(2,3)27-17(16)7-5-6-8-18(22)25-4/h9-12,17,21H,5-8,13H2,1-4H3/b20-16-. The molecular formula is C19H28N2O4S3. The van der Waals surface area contributed by atoms with Crippen LogP contribution in [0.25, 0.3) is 0 Å². The number of nitrogens with one attached hydrogen (secondary N) is 1. The van der Waals surface area contributed by atoms with E-state index in [1.165, 1.54) is 7.11 Å². The van der Waals surface area contributed by atoms with Gasteiger partial charge in [-0.1, -0.05) is 24.1 Å². The summed E-state index contributed by atoms with van der Waals surface area (Å²) in [5, 5.41) is 4.40. The molecule has 1 heterocycles. The van der Waals surface area contributed by atoms with Crippen molar-refractivity contribution in [3.8, 4) is 0 Å². The number of sulfonamides is 1. The summed E-state index contributed by atoms with van der Waals surface area (Å²) in [5.41, 5.74) is 1.84. The fourth-order valence-corrected chi connectivity index (χ4v) is 6.45. The Bertz CT molecular complexity index is 805. The van der Waals surface area contributed by atoms with E-state index in [0.717, 1.165) is 30.5 Å². The number of rotatable bonds is 8. The van der Waals surface area contributed by atoms with E-state index >= 15 is 0 Å². The zero-order valence-corrected chi connectivity index (χ0v) is 19.2. The Morgan fingerprint density at radius 2 is 1.96 bits per heavy atom. The fraction of sp³-hybridized carbons (Fsp3) is 0.579. The van der Waals surface area contributed by atoms with Crippen LogP contribution in [0.15, 0.2) is 34.3 Å². The molecule has 0 aromatic heterocycles. The summed E-state index contributed by atoms with van der Waals surface area (Å²) in [4.78, 5) is 13.9. The summed E-state index contributed by atoms with van der Waals surface area (Å²) >= 11 is 3.54. The minimum Gasteiger partial charge on any atom is -0.469 e. The third kappa shape index (κ3) is 7.00. The van der Waals surface area contributed by atoms with Crippen molar-refractivity contribution in [2.75, 3.05) is 12.9 Å². The molecule has 1 N–H and O–H groups in total. The molecule has 1 saturated heterocycles. The lowest BCUT2D eigenvalue weighted by molar-refractivity contribution is -0.140. The number of benzene rings is 1. The summed E-state index contributed by atoms with van der Waals surface area (Å²) < 4.78 is 29.7. The van der Waals surface area contributed by atoms with E-state index in [2.05, 4.69) is 28.5 Å². The van der Waals surface area contributed by atoms with Crippen molar-refractivity contribution in [1.29, 1.82) is 0 Å². The highest BCUT2D eigenvalue weighted by atomic mass is 32.2. The van der Waals surface area contributed by atoms with Crippen LogP contribution in [0, 0.1) is 6.92 Å². The largest absolute Gasteiger partial charge is 0.469 e. The molecular weight excluding hydrogens is 416 g/mol. The van der Waals surface area contributed by atoms with Gasteiger partial charge in [0, 0.05) is 17.4 Å². The first-order valence-corrected chi connectivity index (χ1v) is 12.5. The molecule has 2 rings (SSSR count). The third-order valence-electron chi connectivity index (χ3n) is 4.33. The number of hydrogen-bond acceptors (Lipinski definition) is 7. The van der Waals surface area contributed by atoms with E-state index in [9.17, 15) is 13.2 Å². The molecule has 0 aliphatic carbocycles. The van der Waals surface area contributed by atoms with Crippen molar-refractivity contribution in [2.24, 2.45) is 5.10 Å². The average Bonchev–Trinajstić information content (AvgIpc) is 2.64. The maximum absolute atomic E-state index is 12.5. The van der Waals surface area contributed by atoms with Gasteiger partial charge in [-0.3, -0.25) is 4.79 Å². The minimum atomic E-state index is -3.69. The number of carbonyl (C=O) groups excluding carboxylic acids is 1. The molecule has 156 valence electrons. The van der Waals surface area contributed by atoms with Crippen LogP contribution in [0.5, 0.6) is 0 Å². The van der Waals surface area contributed by atoms with Crippen LogP contribution in [-0.2, 0) is 19.6 Å². The van der Waals surface area contributed by atoms with Crippen LogP contribution in [0.1, 0.15) is 45.1 Å². The van der Waals surface area contributed by atoms with Gasteiger partial charge in [0.15, 0.2) is 0 Å². The minimum absolute atomic E-state index is 0.0435. The van der Waals surface area contributed by atoms with Crippen LogP contribution in [0.3, 0.4) is 0 Å². The van der Waals surface area contributed by atoms with Gasteiger partial charge in [0.05, 0.1) is 21.8 Å². The van der Waals surface area contributed by atoms with Gasteiger partial charge in [0.1, 0.15) is 0 Å². The Morgan fingerprint density at radius 3 is 2.61 bits per heavy atom. The van der Waals surface area contributed by atoms with Gasteiger partial charge >= 0.3 is 5.97 Å². The first-order chi connectivity index (χ1) is 13.1. The molecule has 28 heavy (non-hydrogen) atoms. The fourth-order valence-electron chi connectivity index (χ4n) is 2.71. The maximum atomic E-state index is 12.5. The maximum Gasteiger partial charge on any atom is 0.305 e. The number of esters is 1. The number of unbranched alkanes of at least 4 members (excludes halogenated alkanes) is 1. The molecule has 1 aromatic carbocycles. The van der Waals surface area contributed by atoms with Crippen LogP contribution in [0.2, 0.25) is 0 Å². The smallest absolute Gasteiger partial charge is 0.305 e. The van der Waals surface area contributed by atoms with Crippen LogP contribution < -0.4 is 4.83 Å². The second-order valence-corrected chi connectivity index (χ2v) is 12.5. The molecule has 1 fully saturated rings. The number of nitrogens with zero attached hydrogens (tertiary/aromatic N) is 1. The van der Waals surface area contributed by atoms with Gasteiger partial charge in [0.2, 0.25) is 0 Å². The van der Waals surface area contributed by atoms with Gasteiger partial charge in [0.25, 0.3) is 10.0 Å². The number of ether oxygens (including phenoxy) is 1. The Hall–Kier alpha value is -1.19. The lowest BCUT2D eigenvalue weighted by atomic mass is 10.1. The first kappa shape index (κ1) is 23.1. The Morgan fingerprint density at radius 1 is 1.29 bits per heavy atom. The number of aryl methyl sites for hydroxylation is 1. The second-order valence-electron chi connectivity index (χ2n) is 7.13. The van der Waals surface area contributed by atoms with Gasteiger partial charge in [-0.05, 0) is 45.7 Å². The Kier molecular flexibility index (Phi) is 8.27. The van der Waals surface area contributed by atoms with Crippen molar-refractivity contribution in [3.05, 3.63) is 29.8 Å². The molecule has 0 amide bonds. The van der Waals surface area contributed by atoms with Gasteiger partial charge in [-0.15, -0.1) is 23.5 Å². The molecule has 0 radical (unpaired) electrons. The van der Waals surface area contributed by atoms with Crippen molar-refractivity contribution in [3.63, 3.8) is 0 Å². The highest BCUT2D eigenvalue weighted by molar-refractivity contribution is 8.20. The van der Waals surface area contributed by atoms with E-state index in [1.54, 1.807) is 47.8 Å². The Labute approximate surface area is 176 Å². The van der Waals surface area contributed by atoms with Crippen LogP contribution in [0.4, 0.5) is 0 Å². The summed E-state index contributed by atoms with van der Waals surface area (Å²) in [6.07, 6.45) is 2.85. The van der Waals surface area contributed by atoms with E-state index in [1.807, 2.05) is 6.92 Å². The van der Waals surface area contributed by atoms with Gasteiger partial charge < -0.3 is 4.74 Å². The molecule has 1 aliphatic rings. The van der Waals surface area contributed by atoms with Crippen LogP contribution >= 0.6 is 23.5 Å². The van der Waals surface area contributed by atoms with Gasteiger partial charge in [-0.25, -0.2) is 4.83 Å². The molecule has 1 aliphatic heterocycles. The van der Waals surface area contributed by atoms with Crippen molar-refractivity contribution >= 4 is 45.2 Å². The molecule has 6 nitrogen and oxygen atoms in total. The predicted octanol–water partition coefficient (Wildman–Crippen LogP) is 3.95. The van der Waals surface area contributed by atoms with E-state index < -0.39 is 10.0 Å². The summed E-state index contributed by atoms with van der Waals surface area (Å²) in [7, 11) is -2.29. The molecule has 0 bridgehead atoms. The molecule has 1 aromatic rings. The number of thioether (sulfide) groups is 2. The zero-order chi connectivity index (χ0) is 20.8. The van der Waals surface area contributed by atoms with Crippen LogP contribution in [-0.4, -0.2) is 42.3 Å². The van der Waals surface area contributed by atoms with Crippen molar-refractivity contribution < 1.29 is 17.9 Å². The predicted molar refractivity (Wildman–Crippen MR) is 117 cm³/mol. The van der Waals surface area contributed by atoms with Crippen molar-refractivity contribution in [1.82, 2.24) is 4.83 Å². The van der Waals surface area contributed by atoms with E-state index in [0.29, 0.717) is 12.2 Å². The summed E-state index contributed by atoms with van der Waals surface area (Å²) in [6.45, 7) is 6.24. The molecule has 0 spiro atoms. The number of hydrazone groups is 1. The molecule has 1 unspecified atom stereocenters. The van der Waals surface area contributed by atoms with E-state index in [-0.39, 0.29) is 20.2 Å². The van der Waals surface area contributed by atoms with Gasteiger partial charge in [-0.2, -0.15) is 13.5 Å². The number of carbonyl (C=O) groups is 1. The first-order valence-electron chi connectivity index (χ1n) is 9.16. The number of methoxy groups -OCH3 is 1. The molecule has 0 saturated carbocycles. The second kappa shape index (κ2) is 10.0. The lowest BCUT2D eigenvalue weighted by Gasteiger charge is -2.35. The summed E-state index contributed by atoms with van der Waals surface area (Å²) in [5.74, 6) is 0.477. The zero-order valence-electron chi connectivity index (χ0n) is 16.7. The third-order valence-corrected chi connectivity index (χ3v) is 8.69. The Balaban J connectivity index is 2.04. The summed E-state index contributed by atoms with van der Waals surface area (Å²) in [6, 6.07) is 6.69. The highest BCUT2D eigenvalue weighted by Crippen LogP contribution is 2.45. The highest BCUT2D eigenvalue weighted by Gasteiger charge is 2.33. The average molecular weight is 445 g/mol. The monoisotopic (exact) mass is 444 g/mol. The molecule has 9 heteroatoms. The lowest BCUT2D eigenvalue weighted by Crippen LogP contribution is -2.34. The van der Waals surface area contributed by atoms with Crippen molar-refractivity contribution in [2.45, 2.75) is 60.7 Å². The number of hydrogen-bond donors (Lipinski definition) is 1. The molecule has 1 atom stereocenters. The van der Waals surface area contributed by atoms with E-state index in [4.69, 9.17) is 0 Å². The quantitative estimate of drug-likeness (QED) is 0.371. The topological polar surface area (TPSA) is 84.8 Å².